The van der Waals surface area contributed by atoms with Gasteiger partial charge in [-0.2, -0.15) is 0 Å². The Balaban J connectivity index is 0.000000204. The maximum Gasteiger partial charge on any atom is 0.0624 e. The van der Waals surface area contributed by atoms with Gasteiger partial charge >= 0.3 is 0 Å². The third-order valence-corrected chi connectivity index (χ3v) is 8.28. The van der Waals surface area contributed by atoms with Crippen molar-refractivity contribution in [1.29, 1.82) is 0 Å². The Morgan fingerprint density at radius 2 is 1.38 bits per heavy atom. The van der Waals surface area contributed by atoms with Gasteiger partial charge in [-0.05, 0) is 84.6 Å². The molecule has 2 aliphatic carbocycles. The maximum absolute atomic E-state index is 10.8. The molecule has 1 aromatic heterocycles. The Labute approximate surface area is 237 Å². The van der Waals surface area contributed by atoms with Gasteiger partial charge in [0.2, 0.25) is 0 Å². The fourth-order valence-electron chi connectivity index (χ4n) is 6.62. The van der Waals surface area contributed by atoms with E-state index in [9.17, 15) is 10.2 Å². The molecule has 2 aromatic carbocycles. The molecular formula is C33H44IrNO2-. The molecule has 3 nitrogen and oxygen atoms in total. The normalized spacial score (nSPS) is 27.2. The van der Waals surface area contributed by atoms with Crippen LogP contribution in [0.2, 0.25) is 0 Å². The molecule has 2 fully saturated rings. The van der Waals surface area contributed by atoms with Gasteiger partial charge < -0.3 is 15.2 Å². The van der Waals surface area contributed by atoms with Gasteiger partial charge in [-0.3, -0.25) is 0 Å². The van der Waals surface area contributed by atoms with Crippen molar-refractivity contribution < 1.29 is 30.3 Å². The van der Waals surface area contributed by atoms with Crippen molar-refractivity contribution in [2.75, 3.05) is 0 Å². The van der Waals surface area contributed by atoms with Gasteiger partial charge in [0.1, 0.15) is 0 Å². The fourth-order valence-corrected chi connectivity index (χ4v) is 6.62. The summed E-state index contributed by atoms with van der Waals surface area (Å²) < 4.78 is 0. The van der Waals surface area contributed by atoms with Crippen molar-refractivity contribution in [1.82, 2.24) is 4.98 Å². The van der Waals surface area contributed by atoms with Crippen molar-refractivity contribution >= 4 is 10.8 Å². The molecule has 203 valence electrons. The van der Waals surface area contributed by atoms with Crippen molar-refractivity contribution in [2.24, 2.45) is 35.5 Å². The van der Waals surface area contributed by atoms with Crippen molar-refractivity contribution in [3.05, 3.63) is 66.9 Å². The summed E-state index contributed by atoms with van der Waals surface area (Å²) in [6.07, 6.45) is 8.30. The van der Waals surface area contributed by atoms with E-state index in [2.05, 4.69) is 56.9 Å². The van der Waals surface area contributed by atoms with Crippen LogP contribution in [0.5, 0.6) is 0 Å². The van der Waals surface area contributed by atoms with Crippen molar-refractivity contribution in [2.45, 2.75) is 78.4 Å². The van der Waals surface area contributed by atoms with Crippen LogP contribution in [-0.2, 0) is 20.1 Å². The van der Waals surface area contributed by atoms with Crippen LogP contribution in [0, 0.1) is 41.6 Å². The van der Waals surface area contributed by atoms with E-state index in [1.807, 2.05) is 42.6 Å². The van der Waals surface area contributed by atoms with E-state index < -0.39 is 0 Å². The quantitative estimate of drug-likeness (QED) is 0.274. The Bertz CT molecular complexity index is 1060. The first-order chi connectivity index (χ1) is 17.3. The number of nitrogens with zero attached hydrogens (tertiary/aromatic N) is 1. The van der Waals surface area contributed by atoms with Crippen LogP contribution in [0.1, 0.15) is 66.2 Å². The molecule has 2 N–H and O–H groups in total. The van der Waals surface area contributed by atoms with Crippen LogP contribution in [0.15, 0.2) is 60.8 Å². The zero-order valence-corrected chi connectivity index (χ0v) is 25.2. The second-order valence-corrected chi connectivity index (χ2v) is 11.9. The predicted octanol–water partition coefficient (Wildman–Crippen LogP) is 7.55. The first-order valence-corrected chi connectivity index (χ1v) is 14.0. The number of hydrogen-bond acceptors (Lipinski definition) is 3. The van der Waals surface area contributed by atoms with E-state index in [0.29, 0.717) is 29.6 Å². The van der Waals surface area contributed by atoms with E-state index in [-0.39, 0.29) is 38.2 Å². The SMILES string of the molecule is CC(C)C[C@H]1CCC2CC[C@@H](CC(C)C)C(O)C2C1O.[Ir].[c-]1ccccc1-c1cc2ccccc2cn1. The number of aliphatic hydroxyl groups excluding tert-OH is 2. The molecule has 0 aliphatic heterocycles. The Morgan fingerprint density at radius 1 is 0.811 bits per heavy atom. The Hall–Kier alpha value is -1.58. The molecule has 2 saturated carbocycles. The average Bonchev–Trinajstić information content (AvgIpc) is 2.87. The van der Waals surface area contributed by atoms with Crippen LogP contribution >= 0.6 is 0 Å². The van der Waals surface area contributed by atoms with Gasteiger partial charge in [0.15, 0.2) is 0 Å². The minimum atomic E-state index is -0.277. The number of aliphatic hydroxyl groups is 2. The summed E-state index contributed by atoms with van der Waals surface area (Å²) in [5, 5.41) is 23.9. The molecule has 2 aliphatic rings. The molecule has 4 heteroatoms. The number of hydrogen-bond donors (Lipinski definition) is 2. The molecule has 0 bridgehead atoms. The molecular weight excluding hydrogens is 635 g/mol. The van der Waals surface area contributed by atoms with Crippen LogP contribution < -0.4 is 0 Å². The number of aromatic nitrogens is 1. The van der Waals surface area contributed by atoms with E-state index in [1.165, 1.54) is 23.6 Å². The molecule has 0 spiro atoms. The smallest absolute Gasteiger partial charge is 0.0624 e. The third-order valence-electron chi connectivity index (χ3n) is 8.28. The van der Waals surface area contributed by atoms with Crippen molar-refractivity contribution in [3.8, 4) is 11.3 Å². The fraction of sp³-hybridized carbons (Fsp3) is 0.545. The minimum absolute atomic E-state index is 0. The van der Waals surface area contributed by atoms with E-state index in [4.69, 9.17) is 0 Å². The molecule has 0 amide bonds. The van der Waals surface area contributed by atoms with Crippen LogP contribution in [0.4, 0.5) is 0 Å². The summed E-state index contributed by atoms with van der Waals surface area (Å²) >= 11 is 0. The zero-order valence-electron chi connectivity index (χ0n) is 22.8. The first-order valence-electron chi connectivity index (χ1n) is 14.0. The standard InChI is InChI=1S/C18H34O2.C15H10N.Ir/c1-11(2)9-14-7-5-13-6-8-15(10-12(3)4)18(20)16(13)17(14)19;1-2-6-12(7-3-1)15-10-13-8-4-5-9-14(13)11-16-15;/h11-20H,5-10H2,1-4H3;1-6,8-11H;/q;-1;/t13?,14-,15+,16?,17?,18?;;. The van der Waals surface area contributed by atoms with Gasteiger partial charge in [0.25, 0.3) is 0 Å². The molecule has 3 aromatic rings. The summed E-state index contributed by atoms with van der Waals surface area (Å²) in [6.45, 7) is 8.94. The second-order valence-electron chi connectivity index (χ2n) is 11.9. The van der Waals surface area contributed by atoms with Crippen molar-refractivity contribution in [3.63, 3.8) is 0 Å². The average molecular weight is 679 g/mol. The molecule has 0 saturated heterocycles. The van der Waals surface area contributed by atoms with Gasteiger partial charge in [0, 0.05) is 32.2 Å². The van der Waals surface area contributed by atoms with Crippen LogP contribution in [0.3, 0.4) is 0 Å². The molecule has 4 unspecified atom stereocenters. The number of pyridine rings is 1. The van der Waals surface area contributed by atoms with E-state index in [0.717, 1.165) is 36.9 Å². The molecule has 1 radical (unpaired) electrons. The van der Waals surface area contributed by atoms with Gasteiger partial charge in [-0.1, -0.05) is 58.0 Å². The summed E-state index contributed by atoms with van der Waals surface area (Å²) in [5.74, 6) is 2.79. The van der Waals surface area contributed by atoms with Crippen LogP contribution in [0.25, 0.3) is 22.0 Å². The molecule has 1 heterocycles. The van der Waals surface area contributed by atoms with E-state index in [1.54, 1.807) is 0 Å². The Morgan fingerprint density at radius 3 is 1.92 bits per heavy atom. The van der Waals surface area contributed by atoms with Gasteiger partial charge in [-0.25, -0.2) is 0 Å². The molecule has 37 heavy (non-hydrogen) atoms. The predicted molar refractivity (Wildman–Crippen MR) is 149 cm³/mol. The first kappa shape index (κ1) is 30.0. The largest absolute Gasteiger partial charge is 0.392 e. The maximum atomic E-state index is 10.8. The van der Waals surface area contributed by atoms with Gasteiger partial charge in [0.05, 0.1) is 12.2 Å². The Kier molecular flexibility index (Phi) is 11.3. The number of benzene rings is 2. The number of fused-ring (bicyclic) bond motifs is 2. The minimum Gasteiger partial charge on any atom is -0.392 e. The topological polar surface area (TPSA) is 53.4 Å². The molecule has 5 rings (SSSR count). The second kappa shape index (κ2) is 14.0. The third kappa shape index (κ3) is 7.73. The monoisotopic (exact) mass is 679 g/mol. The summed E-state index contributed by atoms with van der Waals surface area (Å²) in [6, 6.07) is 21.4. The summed E-state index contributed by atoms with van der Waals surface area (Å²) in [4.78, 5) is 4.45. The van der Waals surface area contributed by atoms with Gasteiger partial charge in [-0.15, -0.1) is 35.9 Å². The van der Waals surface area contributed by atoms with Crippen LogP contribution in [-0.4, -0.2) is 27.4 Å². The molecule has 6 atom stereocenters. The summed E-state index contributed by atoms with van der Waals surface area (Å²) in [7, 11) is 0. The summed E-state index contributed by atoms with van der Waals surface area (Å²) in [5.41, 5.74) is 2.01. The van der Waals surface area contributed by atoms with E-state index >= 15 is 0 Å². The zero-order chi connectivity index (χ0) is 25.7. The number of rotatable bonds is 5.